The molecular weight excluding hydrogens is 524 g/mol. The number of rotatable bonds is 8. The monoisotopic (exact) mass is 558 g/mol. The van der Waals surface area contributed by atoms with Crippen molar-refractivity contribution in [2.75, 3.05) is 45.6 Å². The van der Waals surface area contributed by atoms with Crippen LogP contribution >= 0.6 is 0 Å². The molecule has 0 saturated carbocycles. The van der Waals surface area contributed by atoms with E-state index in [1.165, 1.54) is 16.7 Å². The van der Waals surface area contributed by atoms with Crippen molar-refractivity contribution >= 4 is 22.5 Å². The number of nitrogens with zero attached hydrogens (tertiary/aromatic N) is 3. The van der Waals surface area contributed by atoms with Crippen molar-refractivity contribution in [3.05, 3.63) is 59.5 Å². The van der Waals surface area contributed by atoms with Gasteiger partial charge >= 0.3 is 6.18 Å². The van der Waals surface area contributed by atoms with Crippen LogP contribution in [-0.4, -0.2) is 71.8 Å². The number of carbonyl (C=O) groups is 1. The Morgan fingerprint density at radius 2 is 1.88 bits per heavy atom. The number of halogens is 4. The number of hydrogen-bond acceptors (Lipinski definition) is 4. The Morgan fingerprint density at radius 1 is 1.12 bits per heavy atom. The van der Waals surface area contributed by atoms with Crippen LogP contribution in [0.2, 0.25) is 0 Å². The zero-order chi connectivity index (χ0) is 28.9. The van der Waals surface area contributed by atoms with Crippen LogP contribution in [0, 0.1) is 23.6 Å². The SMILES string of the molecule is CN(C)CC(=O)N1CCC(CCc2ccc3c(c2)cc(C#CCNc2ccc(O)c(F)c2)n3CC(F)(F)F)CC1. The van der Waals surface area contributed by atoms with Crippen molar-refractivity contribution in [2.45, 2.75) is 38.4 Å². The minimum atomic E-state index is -4.41. The lowest BCUT2D eigenvalue weighted by Crippen LogP contribution is -2.42. The van der Waals surface area contributed by atoms with Gasteiger partial charge in [0.05, 0.1) is 18.8 Å². The fourth-order valence-corrected chi connectivity index (χ4v) is 5.04. The van der Waals surface area contributed by atoms with Gasteiger partial charge in [0.25, 0.3) is 0 Å². The number of alkyl halides is 3. The highest BCUT2D eigenvalue weighted by atomic mass is 19.4. The summed E-state index contributed by atoms with van der Waals surface area (Å²) in [6.07, 6.45) is -0.737. The van der Waals surface area contributed by atoms with Crippen LogP contribution in [0.1, 0.15) is 30.5 Å². The largest absolute Gasteiger partial charge is 0.505 e. The van der Waals surface area contributed by atoms with Crippen LogP contribution in [0.5, 0.6) is 5.75 Å². The first-order valence-electron chi connectivity index (χ1n) is 13.3. The summed E-state index contributed by atoms with van der Waals surface area (Å²) in [4.78, 5) is 16.1. The Hall–Kier alpha value is -3.71. The van der Waals surface area contributed by atoms with Gasteiger partial charge < -0.3 is 24.8 Å². The van der Waals surface area contributed by atoms with Crippen molar-refractivity contribution < 1.29 is 27.5 Å². The summed E-state index contributed by atoms with van der Waals surface area (Å²) in [5.74, 6) is 5.05. The second kappa shape index (κ2) is 12.6. The van der Waals surface area contributed by atoms with Crippen LogP contribution in [-0.2, 0) is 17.8 Å². The number of hydrogen-bond donors (Lipinski definition) is 2. The topological polar surface area (TPSA) is 60.7 Å². The lowest BCUT2D eigenvalue weighted by atomic mass is 9.90. The standard InChI is InChI=1S/C30H34F4N4O2/c1-36(2)19-29(40)37-14-11-21(12-15-37)5-6-22-7-9-27-23(16-22)17-25(38(27)20-30(32,33)34)4-3-13-35-24-8-10-28(39)26(31)18-24/h7-10,16-18,21,35,39H,5-6,11-15,19-20H2,1-2H3. The number of aromatic nitrogens is 1. The van der Waals surface area contributed by atoms with Crippen LogP contribution < -0.4 is 5.32 Å². The smallest absolute Gasteiger partial charge is 0.406 e. The first-order chi connectivity index (χ1) is 19.0. The van der Waals surface area contributed by atoms with Gasteiger partial charge in [-0.25, -0.2) is 4.39 Å². The number of amides is 1. The highest BCUT2D eigenvalue weighted by Crippen LogP contribution is 2.28. The molecule has 3 aromatic rings. The number of phenols is 1. The van der Waals surface area contributed by atoms with Gasteiger partial charge in [-0.1, -0.05) is 12.0 Å². The fourth-order valence-electron chi connectivity index (χ4n) is 5.04. The molecular formula is C30H34F4N4O2. The Morgan fingerprint density at radius 3 is 2.55 bits per heavy atom. The third kappa shape index (κ3) is 7.92. The summed E-state index contributed by atoms with van der Waals surface area (Å²) in [7, 11) is 3.77. The molecule has 0 radical (unpaired) electrons. The first-order valence-corrected chi connectivity index (χ1v) is 13.3. The number of carbonyl (C=O) groups excluding carboxylic acids is 1. The predicted molar refractivity (Wildman–Crippen MR) is 148 cm³/mol. The number of aromatic hydroxyl groups is 1. The lowest BCUT2D eigenvalue weighted by molar-refractivity contribution is -0.140. The highest BCUT2D eigenvalue weighted by molar-refractivity contribution is 5.83. The fraction of sp³-hybridized carbons (Fsp3) is 0.433. The normalized spacial score (nSPS) is 14.4. The number of likely N-dealkylation sites (tertiary alicyclic amines) is 1. The summed E-state index contributed by atoms with van der Waals surface area (Å²) in [6.45, 7) is 0.870. The van der Waals surface area contributed by atoms with E-state index in [1.807, 2.05) is 36.0 Å². The third-order valence-electron chi connectivity index (χ3n) is 7.11. The molecule has 1 saturated heterocycles. The van der Waals surface area contributed by atoms with Crippen LogP contribution in [0.4, 0.5) is 23.2 Å². The number of piperidine rings is 1. The van der Waals surface area contributed by atoms with E-state index in [1.54, 1.807) is 12.1 Å². The van der Waals surface area contributed by atoms with Gasteiger partial charge in [0.15, 0.2) is 11.6 Å². The molecule has 1 aromatic heterocycles. The Kier molecular flexibility index (Phi) is 9.25. The van der Waals surface area contributed by atoms with E-state index in [4.69, 9.17) is 0 Å². The zero-order valence-electron chi connectivity index (χ0n) is 22.7. The van der Waals surface area contributed by atoms with Crippen LogP contribution in [0.15, 0.2) is 42.5 Å². The van der Waals surface area contributed by atoms with E-state index in [9.17, 15) is 27.5 Å². The molecule has 6 nitrogen and oxygen atoms in total. The first kappa shape index (κ1) is 29.3. The molecule has 214 valence electrons. The molecule has 1 aliphatic rings. The van der Waals surface area contributed by atoms with E-state index in [0.29, 0.717) is 29.1 Å². The van der Waals surface area contributed by atoms with Crippen molar-refractivity contribution in [1.29, 1.82) is 0 Å². The predicted octanol–water partition coefficient (Wildman–Crippen LogP) is 5.24. The molecule has 2 N–H and O–H groups in total. The van der Waals surface area contributed by atoms with Gasteiger partial charge in [-0.3, -0.25) is 4.79 Å². The number of fused-ring (bicyclic) bond motifs is 1. The Balaban J connectivity index is 1.41. The summed E-state index contributed by atoms with van der Waals surface area (Å²) < 4.78 is 54.8. The van der Waals surface area contributed by atoms with Crippen molar-refractivity contribution in [2.24, 2.45) is 5.92 Å². The van der Waals surface area contributed by atoms with Crippen LogP contribution in [0.25, 0.3) is 10.9 Å². The minimum Gasteiger partial charge on any atom is -0.505 e. The van der Waals surface area contributed by atoms with Crippen molar-refractivity contribution in [1.82, 2.24) is 14.4 Å². The molecule has 0 aliphatic carbocycles. The second-order valence-corrected chi connectivity index (χ2v) is 10.5. The van der Waals surface area contributed by atoms with Crippen molar-refractivity contribution in [3.8, 4) is 17.6 Å². The van der Waals surface area contributed by atoms with Gasteiger partial charge in [0.2, 0.25) is 5.91 Å². The molecule has 40 heavy (non-hydrogen) atoms. The number of likely N-dealkylation sites (N-methyl/N-ethyl adjacent to an activating group) is 1. The van der Waals surface area contributed by atoms with E-state index >= 15 is 0 Å². The van der Waals surface area contributed by atoms with Gasteiger partial charge in [0.1, 0.15) is 6.54 Å². The molecule has 0 spiro atoms. The molecule has 1 amide bonds. The van der Waals surface area contributed by atoms with E-state index in [0.717, 1.165) is 50.4 Å². The summed E-state index contributed by atoms with van der Waals surface area (Å²) >= 11 is 0. The maximum atomic E-state index is 13.5. The number of anilines is 1. The van der Waals surface area contributed by atoms with E-state index < -0.39 is 24.3 Å². The number of nitrogens with one attached hydrogen (secondary N) is 1. The Labute approximate surface area is 231 Å². The molecule has 0 unspecified atom stereocenters. The molecule has 0 atom stereocenters. The summed E-state index contributed by atoms with van der Waals surface area (Å²) in [5.41, 5.74) is 2.17. The van der Waals surface area contributed by atoms with Gasteiger partial charge in [0, 0.05) is 35.7 Å². The highest BCUT2D eigenvalue weighted by Gasteiger charge is 2.29. The molecule has 0 bridgehead atoms. The van der Waals surface area contributed by atoms with Crippen molar-refractivity contribution in [3.63, 3.8) is 0 Å². The maximum Gasteiger partial charge on any atom is 0.406 e. The average molecular weight is 559 g/mol. The third-order valence-corrected chi connectivity index (χ3v) is 7.11. The average Bonchev–Trinajstić information content (AvgIpc) is 3.22. The summed E-state index contributed by atoms with van der Waals surface area (Å²) in [6, 6.07) is 11.0. The molecule has 1 aliphatic heterocycles. The molecule has 10 heteroatoms. The minimum absolute atomic E-state index is 0.0859. The number of phenolic OH excluding ortho intramolecular Hbond substituents is 1. The van der Waals surface area contributed by atoms with Gasteiger partial charge in [-0.15, -0.1) is 0 Å². The molecule has 4 rings (SSSR count). The Bertz CT molecular complexity index is 1400. The summed E-state index contributed by atoms with van der Waals surface area (Å²) in [5, 5.41) is 12.9. The number of aryl methyl sites for hydroxylation is 1. The molecule has 1 fully saturated rings. The second-order valence-electron chi connectivity index (χ2n) is 10.5. The quantitative estimate of drug-likeness (QED) is 0.226. The lowest BCUT2D eigenvalue weighted by Gasteiger charge is -2.32. The van der Waals surface area contributed by atoms with Gasteiger partial charge in [-0.05, 0) is 87.5 Å². The van der Waals surface area contributed by atoms with Crippen LogP contribution in [0.3, 0.4) is 0 Å². The zero-order valence-corrected chi connectivity index (χ0v) is 22.7. The molecule has 2 aromatic carbocycles. The number of benzene rings is 2. The molecule has 2 heterocycles. The van der Waals surface area contributed by atoms with E-state index in [2.05, 4.69) is 17.2 Å². The van der Waals surface area contributed by atoms with E-state index in [-0.39, 0.29) is 18.1 Å². The maximum absolute atomic E-state index is 13.5. The van der Waals surface area contributed by atoms with Gasteiger partial charge in [-0.2, -0.15) is 13.2 Å².